The van der Waals surface area contributed by atoms with E-state index < -0.39 is 16.1 Å². The average Bonchev–Trinajstić information content (AvgIpc) is 2.79. The molecule has 1 unspecified atom stereocenters. The Kier molecular flexibility index (Phi) is 11.0. The van der Waals surface area contributed by atoms with Gasteiger partial charge in [0.2, 0.25) is 21.8 Å². The van der Waals surface area contributed by atoms with Crippen LogP contribution >= 0.6 is 46.4 Å². The van der Waals surface area contributed by atoms with E-state index in [2.05, 4.69) is 5.32 Å². The van der Waals surface area contributed by atoms with Crippen molar-refractivity contribution in [2.45, 2.75) is 38.8 Å². The van der Waals surface area contributed by atoms with E-state index in [0.717, 1.165) is 10.6 Å². The molecule has 192 valence electrons. The van der Waals surface area contributed by atoms with Gasteiger partial charge in [-0.05, 0) is 48.7 Å². The lowest BCUT2D eigenvalue weighted by atomic mass is 10.1. The molecule has 1 N–H and O–H groups in total. The van der Waals surface area contributed by atoms with Crippen LogP contribution in [0.5, 0.6) is 0 Å². The van der Waals surface area contributed by atoms with Gasteiger partial charge in [0.25, 0.3) is 0 Å². The van der Waals surface area contributed by atoms with Crippen molar-refractivity contribution in [2.24, 2.45) is 0 Å². The van der Waals surface area contributed by atoms with Gasteiger partial charge in [-0.2, -0.15) is 0 Å². The number of hydrogen-bond donors (Lipinski definition) is 1. The summed E-state index contributed by atoms with van der Waals surface area (Å²) in [6.07, 6.45) is 1.64. The van der Waals surface area contributed by atoms with Gasteiger partial charge in [0.1, 0.15) is 6.04 Å². The van der Waals surface area contributed by atoms with Crippen LogP contribution in [0.2, 0.25) is 20.1 Å². The maximum absolute atomic E-state index is 13.3. The Hall–Kier alpha value is -1.71. The molecule has 0 heterocycles. The van der Waals surface area contributed by atoms with Gasteiger partial charge in [-0.1, -0.05) is 59.4 Å². The second kappa shape index (κ2) is 13.0. The Balaban J connectivity index is 2.24. The summed E-state index contributed by atoms with van der Waals surface area (Å²) in [6, 6.07) is 8.82. The number of carbonyl (C=O) groups is 2. The molecule has 0 spiro atoms. The fraction of sp³-hybridized carbons (Fsp3) is 0.391. The second-order valence-corrected chi connectivity index (χ2v) is 11.4. The highest BCUT2D eigenvalue weighted by Gasteiger charge is 2.28. The Morgan fingerprint density at radius 2 is 1.66 bits per heavy atom. The lowest BCUT2D eigenvalue weighted by molar-refractivity contribution is -0.141. The van der Waals surface area contributed by atoms with E-state index in [1.54, 1.807) is 24.3 Å². The molecule has 0 bridgehead atoms. The van der Waals surface area contributed by atoms with Crippen LogP contribution in [0.25, 0.3) is 0 Å². The molecular formula is C23H27Cl4N3O4S. The smallest absolute Gasteiger partial charge is 0.242 e. The number of nitrogens with one attached hydrogen (secondary N) is 1. The molecular weight excluding hydrogens is 556 g/mol. The standard InChI is InChI=1S/C23H27Cl4N3O4S/c1-4-20(23(32)28-2)29(14-15-7-9-17(25)19(27)12-15)22(31)6-5-11-30(35(3,33)34)21-13-16(24)8-10-18(21)26/h7-10,12-13,20H,4-6,11,14H2,1-3H3,(H,28,32). The molecule has 2 amide bonds. The highest BCUT2D eigenvalue weighted by atomic mass is 35.5. The van der Waals surface area contributed by atoms with Crippen LogP contribution in [0, 0.1) is 0 Å². The van der Waals surface area contributed by atoms with Crippen LogP contribution in [0.3, 0.4) is 0 Å². The number of likely N-dealkylation sites (N-methyl/N-ethyl adjacent to an activating group) is 1. The minimum absolute atomic E-state index is 0.000971. The number of carbonyl (C=O) groups excluding carboxylic acids is 2. The first-order valence-corrected chi connectivity index (χ1v) is 14.1. The van der Waals surface area contributed by atoms with Crippen molar-refractivity contribution >= 4 is 73.9 Å². The fourth-order valence-corrected chi connectivity index (χ4v) is 5.31. The summed E-state index contributed by atoms with van der Waals surface area (Å²) in [5.74, 6) is -0.610. The summed E-state index contributed by atoms with van der Waals surface area (Å²) >= 11 is 24.4. The van der Waals surface area contributed by atoms with E-state index in [1.165, 1.54) is 24.1 Å². The molecule has 0 aromatic heterocycles. The van der Waals surface area contributed by atoms with Crippen molar-refractivity contribution in [3.8, 4) is 0 Å². The van der Waals surface area contributed by atoms with Gasteiger partial charge in [-0.25, -0.2) is 8.42 Å². The SMILES string of the molecule is CCC(C(=O)NC)N(Cc1ccc(Cl)c(Cl)c1)C(=O)CCCN(c1cc(Cl)ccc1Cl)S(C)(=O)=O. The number of amides is 2. The summed E-state index contributed by atoms with van der Waals surface area (Å²) in [5.41, 5.74) is 0.942. The normalized spacial score (nSPS) is 12.2. The molecule has 35 heavy (non-hydrogen) atoms. The molecule has 0 saturated carbocycles. The number of nitrogens with zero attached hydrogens (tertiary/aromatic N) is 2. The van der Waals surface area contributed by atoms with Crippen LogP contribution in [0.15, 0.2) is 36.4 Å². The van der Waals surface area contributed by atoms with Gasteiger partial charge in [0.05, 0.1) is 27.0 Å². The van der Waals surface area contributed by atoms with E-state index >= 15 is 0 Å². The summed E-state index contributed by atoms with van der Waals surface area (Å²) in [4.78, 5) is 27.2. The maximum Gasteiger partial charge on any atom is 0.242 e. The van der Waals surface area contributed by atoms with Crippen LogP contribution in [0.4, 0.5) is 5.69 Å². The predicted octanol–water partition coefficient (Wildman–Crippen LogP) is 5.40. The summed E-state index contributed by atoms with van der Waals surface area (Å²) in [6.45, 7) is 1.95. The summed E-state index contributed by atoms with van der Waals surface area (Å²) in [5, 5.41) is 3.86. The van der Waals surface area contributed by atoms with Crippen molar-refractivity contribution in [3.05, 3.63) is 62.1 Å². The van der Waals surface area contributed by atoms with E-state index in [-0.39, 0.29) is 48.5 Å². The van der Waals surface area contributed by atoms with Crippen molar-refractivity contribution in [3.63, 3.8) is 0 Å². The van der Waals surface area contributed by atoms with Crippen molar-refractivity contribution in [2.75, 3.05) is 24.2 Å². The maximum atomic E-state index is 13.3. The van der Waals surface area contributed by atoms with Crippen molar-refractivity contribution in [1.29, 1.82) is 0 Å². The Morgan fingerprint density at radius 1 is 1.00 bits per heavy atom. The number of halogens is 4. The lowest BCUT2D eigenvalue weighted by Crippen LogP contribution is -2.48. The van der Waals surface area contributed by atoms with Gasteiger partial charge >= 0.3 is 0 Å². The van der Waals surface area contributed by atoms with Crippen LogP contribution in [-0.4, -0.2) is 51.0 Å². The van der Waals surface area contributed by atoms with Gasteiger partial charge in [-0.15, -0.1) is 0 Å². The van der Waals surface area contributed by atoms with Crippen molar-refractivity contribution < 1.29 is 18.0 Å². The Bertz CT molecular complexity index is 1180. The predicted molar refractivity (Wildman–Crippen MR) is 143 cm³/mol. The highest BCUT2D eigenvalue weighted by molar-refractivity contribution is 7.92. The molecule has 2 rings (SSSR count). The third-order valence-electron chi connectivity index (χ3n) is 5.30. The molecule has 0 saturated heterocycles. The number of anilines is 1. The molecule has 2 aromatic rings. The monoisotopic (exact) mass is 581 g/mol. The molecule has 0 aliphatic carbocycles. The first-order chi connectivity index (χ1) is 16.4. The zero-order chi connectivity index (χ0) is 26.3. The summed E-state index contributed by atoms with van der Waals surface area (Å²) < 4.78 is 26.0. The zero-order valence-electron chi connectivity index (χ0n) is 19.5. The molecule has 0 fully saturated rings. The molecule has 12 heteroatoms. The van der Waals surface area contributed by atoms with Crippen LogP contribution in [0.1, 0.15) is 31.7 Å². The highest BCUT2D eigenvalue weighted by Crippen LogP contribution is 2.31. The average molecular weight is 583 g/mol. The minimum atomic E-state index is -3.70. The van der Waals surface area contributed by atoms with Gasteiger partial charge in [-0.3, -0.25) is 13.9 Å². The fourth-order valence-electron chi connectivity index (χ4n) is 3.58. The first-order valence-electron chi connectivity index (χ1n) is 10.8. The quantitative estimate of drug-likeness (QED) is 0.384. The van der Waals surface area contributed by atoms with Gasteiger partial charge < -0.3 is 10.2 Å². The molecule has 2 aromatic carbocycles. The van der Waals surface area contributed by atoms with Gasteiger partial charge in [0.15, 0.2) is 0 Å². The zero-order valence-corrected chi connectivity index (χ0v) is 23.4. The van der Waals surface area contributed by atoms with Crippen LogP contribution in [-0.2, 0) is 26.2 Å². The molecule has 7 nitrogen and oxygen atoms in total. The molecule has 0 radical (unpaired) electrons. The number of sulfonamides is 1. The molecule has 1 atom stereocenters. The number of hydrogen-bond acceptors (Lipinski definition) is 4. The number of rotatable bonds is 11. The van der Waals surface area contributed by atoms with Gasteiger partial charge in [0, 0.05) is 31.6 Å². The second-order valence-electron chi connectivity index (χ2n) is 7.84. The third kappa shape index (κ3) is 8.15. The van der Waals surface area contributed by atoms with E-state index in [1.807, 2.05) is 6.92 Å². The number of benzene rings is 2. The topological polar surface area (TPSA) is 86.8 Å². The largest absolute Gasteiger partial charge is 0.357 e. The summed E-state index contributed by atoms with van der Waals surface area (Å²) in [7, 11) is -2.19. The molecule has 0 aliphatic rings. The van der Waals surface area contributed by atoms with E-state index in [9.17, 15) is 18.0 Å². The third-order valence-corrected chi connectivity index (χ3v) is 7.77. The Morgan fingerprint density at radius 3 is 2.23 bits per heavy atom. The first kappa shape index (κ1) is 29.5. The molecule has 0 aliphatic heterocycles. The van der Waals surface area contributed by atoms with Crippen molar-refractivity contribution in [1.82, 2.24) is 10.2 Å². The Labute approximate surface area is 226 Å². The van der Waals surface area contributed by atoms with Crippen LogP contribution < -0.4 is 9.62 Å². The van der Waals surface area contributed by atoms with E-state index in [4.69, 9.17) is 46.4 Å². The lowest BCUT2D eigenvalue weighted by Gasteiger charge is -2.31. The van der Waals surface area contributed by atoms with E-state index in [0.29, 0.717) is 27.1 Å². The minimum Gasteiger partial charge on any atom is -0.357 e.